The topological polar surface area (TPSA) is 138 Å². The van der Waals surface area contributed by atoms with Crippen molar-refractivity contribution < 1.29 is 30.4 Å². The van der Waals surface area contributed by atoms with E-state index in [0.29, 0.717) is 0 Å². The van der Waals surface area contributed by atoms with Crippen LogP contribution in [0.4, 0.5) is 11.4 Å². The third-order valence-corrected chi connectivity index (χ3v) is 12.0. The van der Waals surface area contributed by atoms with Crippen LogP contribution in [0.15, 0.2) is 70.5 Å². The highest BCUT2D eigenvalue weighted by Crippen LogP contribution is 2.34. The van der Waals surface area contributed by atoms with Gasteiger partial charge in [-0.05, 0) is 60.7 Å². The molecule has 9 nitrogen and oxygen atoms in total. The first-order valence-corrected chi connectivity index (χ1v) is 16.8. The maximum Gasteiger partial charge on any atom is 0.264 e. The summed E-state index contributed by atoms with van der Waals surface area (Å²) in [6.45, 7) is 0. The van der Waals surface area contributed by atoms with Crippen LogP contribution in [0.1, 0.15) is 0 Å². The molecule has 4 rings (SSSR count). The molecule has 0 unspecified atom stereocenters. The minimum Gasteiger partial charge on any atom is -0.390 e. The summed E-state index contributed by atoms with van der Waals surface area (Å²) in [7, 11) is -12.3. The van der Waals surface area contributed by atoms with Gasteiger partial charge in [-0.1, -0.05) is 46.4 Å². The molecule has 0 bridgehead atoms. The molecule has 0 amide bonds. The molecule has 3 aromatic rings. The zero-order valence-electron chi connectivity index (χ0n) is 18.9. The van der Waals surface area contributed by atoms with Gasteiger partial charge in [0.2, 0.25) is 0 Å². The fraction of sp³-hybridized carbons (Fsp3) is 0.182. The Hall–Kier alpha value is -1.77. The fourth-order valence-electron chi connectivity index (χ4n) is 3.83. The van der Waals surface area contributed by atoms with E-state index in [1.165, 1.54) is 54.6 Å². The summed E-state index contributed by atoms with van der Waals surface area (Å²) in [6, 6.07) is 11.1. The number of rotatable bonds is 7. The van der Waals surface area contributed by atoms with E-state index in [9.17, 15) is 30.4 Å². The van der Waals surface area contributed by atoms with Crippen LogP contribution in [0.25, 0.3) is 0 Å². The maximum absolute atomic E-state index is 13.7. The Kier molecular flexibility index (Phi) is 8.20. The number of halogens is 4. The molecule has 1 saturated heterocycles. The van der Waals surface area contributed by atoms with Crippen molar-refractivity contribution in [3.63, 3.8) is 0 Å². The van der Waals surface area contributed by atoms with Crippen molar-refractivity contribution in [3.8, 4) is 0 Å². The molecule has 16 heteroatoms. The second-order valence-electron chi connectivity index (χ2n) is 8.32. The average Bonchev–Trinajstić information content (AvgIpc) is 3.09. The molecular weight excluding hydrogens is 642 g/mol. The summed E-state index contributed by atoms with van der Waals surface area (Å²) >= 11 is 23.7. The second-order valence-corrected chi connectivity index (χ2v) is 15.6. The first-order chi connectivity index (χ1) is 17.6. The highest BCUT2D eigenvalue weighted by Gasteiger charge is 2.45. The summed E-state index contributed by atoms with van der Waals surface area (Å²) in [4.78, 5) is -0.438. The van der Waals surface area contributed by atoms with Crippen LogP contribution in [0.2, 0.25) is 20.1 Å². The molecule has 1 aliphatic rings. The monoisotopic (exact) mass is 658 g/mol. The highest BCUT2D eigenvalue weighted by atomic mass is 35.5. The van der Waals surface area contributed by atoms with E-state index in [4.69, 9.17) is 46.4 Å². The smallest absolute Gasteiger partial charge is 0.264 e. The third kappa shape index (κ3) is 6.02. The summed E-state index contributed by atoms with van der Waals surface area (Å²) in [5, 5.41) is 10.8. The molecule has 38 heavy (non-hydrogen) atoms. The highest BCUT2D eigenvalue weighted by molar-refractivity contribution is 7.93. The predicted octanol–water partition coefficient (Wildman–Crippen LogP) is 4.45. The van der Waals surface area contributed by atoms with Crippen molar-refractivity contribution in [3.05, 3.63) is 80.8 Å². The van der Waals surface area contributed by atoms with E-state index in [2.05, 4.69) is 4.72 Å². The second kappa shape index (κ2) is 10.7. The number of aliphatic hydroxyl groups excluding tert-OH is 1. The minimum atomic E-state index is -4.46. The van der Waals surface area contributed by atoms with Gasteiger partial charge in [0.25, 0.3) is 20.0 Å². The van der Waals surface area contributed by atoms with Gasteiger partial charge in [-0.3, -0.25) is 9.03 Å². The van der Waals surface area contributed by atoms with Crippen LogP contribution in [0.3, 0.4) is 0 Å². The Morgan fingerprint density at radius 2 is 1.29 bits per heavy atom. The van der Waals surface area contributed by atoms with Crippen molar-refractivity contribution in [2.24, 2.45) is 0 Å². The van der Waals surface area contributed by atoms with E-state index >= 15 is 0 Å². The van der Waals surface area contributed by atoms with Gasteiger partial charge in [0.1, 0.15) is 0 Å². The van der Waals surface area contributed by atoms with Gasteiger partial charge in [0.15, 0.2) is 9.84 Å². The van der Waals surface area contributed by atoms with Gasteiger partial charge in [-0.25, -0.2) is 25.3 Å². The van der Waals surface area contributed by atoms with E-state index < -0.39 is 53.5 Å². The first-order valence-electron chi connectivity index (χ1n) is 10.6. The number of hydrogen-bond donors (Lipinski definition) is 2. The van der Waals surface area contributed by atoms with Crippen LogP contribution in [0, 0.1) is 0 Å². The molecule has 1 aliphatic heterocycles. The molecule has 1 heterocycles. The quantitative estimate of drug-likeness (QED) is 0.382. The zero-order valence-corrected chi connectivity index (χ0v) is 24.4. The Balaban J connectivity index is 1.73. The summed E-state index contributed by atoms with van der Waals surface area (Å²) < 4.78 is 80.5. The van der Waals surface area contributed by atoms with Crippen molar-refractivity contribution in [1.29, 1.82) is 0 Å². The molecule has 0 saturated carbocycles. The molecule has 0 spiro atoms. The molecule has 1 fully saturated rings. The third-order valence-electron chi connectivity index (χ3n) is 5.62. The molecule has 0 radical (unpaired) electrons. The van der Waals surface area contributed by atoms with Gasteiger partial charge >= 0.3 is 0 Å². The van der Waals surface area contributed by atoms with Gasteiger partial charge in [0, 0.05) is 5.69 Å². The average molecular weight is 660 g/mol. The predicted molar refractivity (Wildman–Crippen MR) is 148 cm³/mol. The Labute approximate surface area is 239 Å². The largest absolute Gasteiger partial charge is 0.390 e. The molecule has 2 N–H and O–H groups in total. The lowest BCUT2D eigenvalue weighted by atomic mass is 10.2. The summed E-state index contributed by atoms with van der Waals surface area (Å²) in [5.41, 5.74) is 0.0565. The van der Waals surface area contributed by atoms with Crippen LogP contribution in [-0.4, -0.2) is 54.0 Å². The Morgan fingerprint density at radius 1 is 0.763 bits per heavy atom. The minimum absolute atomic E-state index is 0.0188. The number of benzene rings is 3. The van der Waals surface area contributed by atoms with E-state index in [1.807, 2.05) is 0 Å². The van der Waals surface area contributed by atoms with Gasteiger partial charge in [0.05, 0.1) is 59.2 Å². The van der Waals surface area contributed by atoms with Crippen LogP contribution >= 0.6 is 46.4 Å². The van der Waals surface area contributed by atoms with Crippen molar-refractivity contribution >= 4 is 87.7 Å². The van der Waals surface area contributed by atoms with E-state index in [0.717, 1.165) is 10.4 Å². The van der Waals surface area contributed by atoms with Gasteiger partial charge < -0.3 is 5.11 Å². The van der Waals surface area contributed by atoms with Gasteiger partial charge in [-0.2, -0.15) is 0 Å². The van der Waals surface area contributed by atoms with Gasteiger partial charge in [-0.15, -0.1) is 0 Å². The van der Waals surface area contributed by atoms with Crippen LogP contribution in [-0.2, 0) is 29.9 Å². The number of aliphatic hydroxyl groups is 1. The van der Waals surface area contributed by atoms with E-state index in [1.54, 1.807) is 0 Å². The SMILES string of the molecule is O=S1(=O)C[C@@H](O)[C@@H](N(c2ccc(NS(=O)(=O)c3ccc(Cl)c(Cl)c3)cc2)S(=O)(=O)c2ccc(Cl)c(Cl)c2)C1. The molecule has 3 aromatic carbocycles. The lowest BCUT2D eigenvalue weighted by Crippen LogP contribution is -2.47. The summed E-state index contributed by atoms with van der Waals surface area (Å²) in [6.07, 6.45) is -1.51. The van der Waals surface area contributed by atoms with Crippen LogP contribution in [0.5, 0.6) is 0 Å². The normalized spacial score (nSPS) is 19.3. The van der Waals surface area contributed by atoms with Crippen molar-refractivity contribution in [2.75, 3.05) is 20.5 Å². The van der Waals surface area contributed by atoms with E-state index in [-0.39, 0.29) is 41.3 Å². The fourth-order valence-corrected chi connectivity index (χ4v) is 9.21. The number of anilines is 2. The lowest BCUT2D eigenvalue weighted by molar-refractivity contribution is 0.184. The molecule has 0 aromatic heterocycles. The molecule has 204 valence electrons. The standard InChI is InChI=1S/C22H18Cl4N2O7S3/c23-17-7-5-15(9-19(17)25)37(32,33)27-13-1-3-14(4-2-13)28(21-11-36(30,31)12-22(21)29)38(34,35)16-6-8-18(24)20(26)10-16/h1-10,21-22,27,29H,11-12H2/t21-,22+/m0/s1. The number of nitrogens with zero attached hydrogens (tertiary/aromatic N) is 1. The number of nitrogens with one attached hydrogen (secondary N) is 1. The number of sulfone groups is 1. The maximum atomic E-state index is 13.7. The Bertz CT molecular complexity index is 1720. The van der Waals surface area contributed by atoms with Crippen molar-refractivity contribution in [1.82, 2.24) is 0 Å². The van der Waals surface area contributed by atoms with Crippen LogP contribution < -0.4 is 9.03 Å². The molecular formula is C22H18Cl4N2O7S3. The zero-order chi connectivity index (χ0) is 28.0. The molecule has 2 atom stereocenters. The first kappa shape index (κ1) is 29.2. The summed E-state index contributed by atoms with van der Waals surface area (Å²) in [5.74, 6) is -1.24. The van der Waals surface area contributed by atoms with Crippen molar-refractivity contribution in [2.45, 2.75) is 21.9 Å². The number of sulfonamides is 2. The molecule has 0 aliphatic carbocycles. The number of hydrogen-bond acceptors (Lipinski definition) is 7. The lowest BCUT2D eigenvalue weighted by Gasteiger charge is -2.31. The Morgan fingerprint density at radius 3 is 1.79 bits per heavy atom.